The maximum Gasteiger partial charge on any atom is 0.0216 e. The Labute approximate surface area is 110 Å². The van der Waals surface area contributed by atoms with Crippen molar-refractivity contribution >= 4 is 33.8 Å². The lowest BCUT2D eigenvalue weighted by molar-refractivity contribution is 0.778. The summed E-state index contributed by atoms with van der Waals surface area (Å²) in [5.74, 6) is 3.29. The second kappa shape index (κ2) is 5.89. The van der Waals surface area contributed by atoms with Gasteiger partial charge < -0.3 is 5.73 Å². The molecule has 0 radical (unpaired) electrons. The maximum absolute atomic E-state index is 5.44. The van der Waals surface area contributed by atoms with Crippen molar-refractivity contribution in [3.63, 3.8) is 0 Å². The molecule has 0 saturated carbocycles. The number of hydrogen-bond donors (Lipinski definition) is 1. The van der Waals surface area contributed by atoms with E-state index in [1.807, 2.05) is 6.08 Å². The maximum atomic E-state index is 5.44. The van der Waals surface area contributed by atoms with E-state index in [0.29, 0.717) is 6.54 Å². The van der Waals surface area contributed by atoms with Crippen molar-refractivity contribution in [2.24, 2.45) is 5.73 Å². The van der Waals surface area contributed by atoms with Gasteiger partial charge in [0.2, 0.25) is 0 Å². The average molecular weight is 298 g/mol. The summed E-state index contributed by atoms with van der Waals surface area (Å²) in [5.41, 5.74) is 8.11. The van der Waals surface area contributed by atoms with Crippen LogP contribution in [0.1, 0.15) is 23.5 Å². The lowest BCUT2D eigenvalue weighted by Crippen LogP contribution is -1.97. The zero-order valence-electron chi connectivity index (χ0n) is 9.16. The molecule has 1 aromatic rings. The lowest BCUT2D eigenvalue weighted by Gasteiger charge is -2.11. The number of thioether (sulfide) groups is 1. The summed E-state index contributed by atoms with van der Waals surface area (Å²) < 4.78 is 1.24. The highest BCUT2D eigenvalue weighted by molar-refractivity contribution is 9.10. The average Bonchev–Trinajstić information content (AvgIpc) is 2.80. The van der Waals surface area contributed by atoms with Gasteiger partial charge in [-0.3, -0.25) is 0 Å². The first kappa shape index (κ1) is 12.2. The van der Waals surface area contributed by atoms with Gasteiger partial charge in [0.1, 0.15) is 0 Å². The fourth-order valence-electron chi connectivity index (χ4n) is 1.96. The van der Waals surface area contributed by atoms with Crippen molar-refractivity contribution in [2.75, 3.05) is 18.1 Å². The Morgan fingerprint density at radius 2 is 2.38 bits per heavy atom. The van der Waals surface area contributed by atoms with Gasteiger partial charge in [-0.2, -0.15) is 11.8 Å². The monoisotopic (exact) mass is 297 g/mol. The fourth-order valence-corrected chi connectivity index (χ4v) is 3.93. The van der Waals surface area contributed by atoms with Gasteiger partial charge >= 0.3 is 0 Å². The van der Waals surface area contributed by atoms with Gasteiger partial charge in [-0.15, -0.1) is 0 Å². The second-order valence-corrected chi connectivity index (χ2v) is 5.98. The smallest absolute Gasteiger partial charge is 0.0216 e. The quantitative estimate of drug-likeness (QED) is 0.922. The number of hydrogen-bond acceptors (Lipinski definition) is 2. The fraction of sp³-hybridized carbons (Fsp3) is 0.385. The number of benzene rings is 1. The molecule has 1 atom stereocenters. The summed E-state index contributed by atoms with van der Waals surface area (Å²) in [6, 6.07) is 6.61. The third-order valence-corrected chi connectivity index (χ3v) is 4.69. The Bertz CT molecular complexity index is 384. The van der Waals surface area contributed by atoms with Crippen molar-refractivity contribution in [1.82, 2.24) is 0 Å². The molecule has 1 fully saturated rings. The van der Waals surface area contributed by atoms with Crippen molar-refractivity contribution in [1.29, 1.82) is 0 Å². The van der Waals surface area contributed by atoms with Crippen LogP contribution in [0.15, 0.2) is 28.7 Å². The van der Waals surface area contributed by atoms with Gasteiger partial charge in [-0.25, -0.2) is 0 Å². The largest absolute Gasteiger partial charge is 0.327 e. The van der Waals surface area contributed by atoms with Crippen molar-refractivity contribution < 1.29 is 0 Å². The first-order chi connectivity index (χ1) is 7.81. The van der Waals surface area contributed by atoms with E-state index in [4.69, 9.17) is 5.73 Å². The number of nitrogens with two attached hydrogens (primary N) is 1. The second-order valence-electron chi connectivity index (χ2n) is 3.98. The van der Waals surface area contributed by atoms with E-state index in [0.717, 1.165) is 5.92 Å². The minimum Gasteiger partial charge on any atom is -0.327 e. The third kappa shape index (κ3) is 2.90. The van der Waals surface area contributed by atoms with Crippen molar-refractivity contribution in [3.8, 4) is 0 Å². The van der Waals surface area contributed by atoms with Gasteiger partial charge in [-0.1, -0.05) is 40.2 Å². The van der Waals surface area contributed by atoms with Crippen molar-refractivity contribution in [2.45, 2.75) is 12.3 Å². The third-order valence-electron chi connectivity index (χ3n) is 2.84. The van der Waals surface area contributed by atoms with E-state index >= 15 is 0 Å². The molecule has 1 aliphatic rings. The highest BCUT2D eigenvalue weighted by atomic mass is 79.9. The highest BCUT2D eigenvalue weighted by Gasteiger charge is 2.19. The first-order valence-corrected chi connectivity index (χ1v) is 7.50. The van der Waals surface area contributed by atoms with E-state index in [1.54, 1.807) is 0 Å². The minimum atomic E-state index is 0.596. The predicted molar refractivity (Wildman–Crippen MR) is 76.9 cm³/mol. The molecule has 2 N–H and O–H groups in total. The molecule has 0 spiro atoms. The van der Waals surface area contributed by atoms with E-state index in [1.165, 1.54) is 33.5 Å². The molecule has 86 valence electrons. The molecule has 3 heteroatoms. The summed E-state index contributed by atoms with van der Waals surface area (Å²) in [6.45, 7) is 0.596. The molecule has 0 bridgehead atoms. The topological polar surface area (TPSA) is 26.0 Å². The van der Waals surface area contributed by atoms with Crippen LogP contribution in [0.3, 0.4) is 0 Å². The molecule has 1 nitrogen and oxygen atoms in total. The SMILES string of the molecule is NC/C=C/c1ccc(C2CCSC2)c(Br)c1. The van der Waals surface area contributed by atoms with Gasteiger partial charge in [0.05, 0.1) is 0 Å². The Balaban J connectivity index is 2.18. The Morgan fingerprint density at radius 1 is 1.50 bits per heavy atom. The van der Waals surface area contributed by atoms with Crippen LogP contribution < -0.4 is 5.73 Å². The van der Waals surface area contributed by atoms with E-state index in [9.17, 15) is 0 Å². The molecule has 1 aromatic carbocycles. The van der Waals surface area contributed by atoms with Crippen LogP contribution in [0.2, 0.25) is 0 Å². The standard InChI is InChI=1S/C13H16BrNS/c14-13-8-10(2-1-6-15)3-4-12(13)11-5-7-16-9-11/h1-4,8,11H,5-7,9,15H2/b2-1+. The summed E-state index contributed by atoms with van der Waals surface area (Å²) >= 11 is 5.73. The van der Waals surface area contributed by atoms with Crippen LogP contribution in [0.5, 0.6) is 0 Å². The molecule has 2 rings (SSSR count). The van der Waals surface area contributed by atoms with Crippen LogP contribution in [0.25, 0.3) is 6.08 Å². The Hall–Kier alpha value is -0.250. The van der Waals surface area contributed by atoms with Crippen molar-refractivity contribution in [3.05, 3.63) is 39.9 Å². The van der Waals surface area contributed by atoms with E-state index < -0.39 is 0 Å². The van der Waals surface area contributed by atoms with Crippen LogP contribution in [-0.2, 0) is 0 Å². The number of rotatable bonds is 3. The first-order valence-electron chi connectivity index (χ1n) is 5.55. The van der Waals surface area contributed by atoms with Crippen LogP contribution in [0, 0.1) is 0 Å². The summed E-state index contributed by atoms with van der Waals surface area (Å²) in [6.07, 6.45) is 5.35. The minimum absolute atomic E-state index is 0.596. The van der Waals surface area contributed by atoms with Gasteiger partial charge in [0, 0.05) is 16.8 Å². The van der Waals surface area contributed by atoms with Crippen LogP contribution in [0.4, 0.5) is 0 Å². The van der Waals surface area contributed by atoms with E-state index in [-0.39, 0.29) is 0 Å². The molecule has 1 unspecified atom stereocenters. The Morgan fingerprint density at radius 3 is 3.00 bits per heavy atom. The molecule has 1 saturated heterocycles. The molecule has 16 heavy (non-hydrogen) atoms. The van der Waals surface area contributed by atoms with Gasteiger partial charge in [0.15, 0.2) is 0 Å². The molecule has 0 aromatic heterocycles. The Kier molecular flexibility index (Phi) is 4.50. The summed E-state index contributed by atoms with van der Waals surface area (Å²) in [5, 5.41) is 0. The molecule has 1 heterocycles. The van der Waals surface area contributed by atoms with Gasteiger partial charge in [-0.05, 0) is 35.3 Å². The number of halogens is 1. The zero-order chi connectivity index (χ0) is 11.4. The predicted octanol–water partition coefficient (Wildman–Crippen LogP) is 3.64. The van der Waals surface area contributed by atoms with E-state index in [2.05, 4.69) is 52.0 Å². The highest BCUT2D eigenvalue weighted by Crippen LogP contribution is 2.36. The van der Waals surface area contributed by atoms with Gasteiger partial charge in [0.25, 0.3) is 0 Å². The van der Waals surface area contributed by atoms with Crippen LogP contribution in [-0.4, -0.2) is 18.1 Å². The molecular formula is C13H16BrNS. The molecular weight excluding hydrogens is 282 g/mol. The molecule has 0 amide bonds. The van der Waals surface area contributed by atoms with Crippen LogP contribution >= 0.6 is 27.7 Å². The zero-order valence-corrected chi connectivity index (χ0v) is 11.6. The summed E-state index contributed by atoms with van der Waals surface area (Å²) in [4.78, 5) is 0. The molecule has 0 aliphatic carbocycles. The lowest BCUT2D eigenvalue weighted by atomic mass is 9.97. The normalized spacial score (nSPS) is 20.8. The molecule has 1 aliphatic heterocycles. The summed E-state index contributed by atoms with van der Waals surface area (Å²) in [7, 11) is 0.